The highest BCUT2D eigenvalue weighted by atomic mass is 32.1. The molecule has 0 bridgehead atoms. The highest BCUT2D eigenvalue weighted by Crippen LogP contribution is 2.23. The lowest BCUT2D eigenvalue weighted by molar-refractivity contribution is -0.126. The number of guanidine groups is 1. The minimum atomic E-state index is -0.635. The molecule has 1 aliphatic rings. The highest BCUT2D eigenvalue weighted by molar-refractivity contribution is 7.20. The van der Waals surface area contributed by atoms with Gasteiger partial charge in [-0.2, -0.15) is 0 Å². The van der Waals surface area contributed by atoms with Crippen LogP contribution in [0.25, 0.3) is 10.2 Å². The van der Waals surface area contributed by atoms with Gasteiger partial charge >= 0.3 is 0 Å². The number of aliphatic imine (C=N–C) groups is 1. The molecule has 1 aromatic heterocycles. The molecule has 6 N–H and O–H groups in total. The Morgan fingerprint density at radius 2 is 2.18 bits per heavy atom. The standard InChI is InChI=1S/C19H26N6O2S/c20-19(21)23-10-4-7-14(24-17(27)12-5-3-9-22-11-12)16(26)18-25-13-6-1-2-8-15(13)28-18/h1-2,6,8,12,14,22H,3-5,7,9-11H2,(H,24,27)(H4,20,21,23). The third-order valence-corrected chi connectivity index (χ3v) is 5.80. The van der Waals surface area contributed by atoms with Gasteiger partial charge in [0.05, 0.1) is 22.2 Å². The molecule has 2 unspecified atom stereocenters. The van der Waals surface area contributed by atoms with E-state index < -0.39 is 6.04 Å². The van der Waals surface area contributed by atoms with Crippen LogP contribution in [0.5, 0.6) is 0 Å². The number of hydrogen-bond acceptors (Lipinski definition) is 6. The summed E-state index contributed by atoms with van der Waals surface area (Å²) in [7, 11) is 0. The molecular formula is C19H26N6O2S. The third kappa shape index (κ3) is 5.26. The average molecular weight is 403 g/mol. The summed E-state index contributed by atoms with van der Waals surface area (Å²) in [6.45, 7) is 1.98. The smallest absolute Gasteiger partial charge is 0.224 e. The van der Waals surface area contributed by atoms with Crippen molar-refractivity contribution < 1.29 is 9.59 Å². The maximum atomic E-state index is 13.1. The molecule has 0 spiro atoms. The quantitative estimate of drug-likeness (QED) is 0.225. The molecule has 3 rings (SSSR count). The van der Waals surface area contributed by atoms with Gasteiger partial charge in [0.1, 0.15) is 0 Å². The number of rotatable bonds is 8. The highest BCUT2D eigenvalue weighted by Gasteiger charge is 2.28. The fourth-order valence-electron chi connectivity index (χ4n) is 3.26. The SMILES string of the molecule is NC(N)=NCCCC(NC(=O)C1CCCNC1)C(=O)c1nc2ccccc2s1. The Morgan fingerprint density at radius 1 is 1.36 bits per heavy atom. The number of benzene rings is 1. The monoisotopic (exact) mass is 402 g/mol. The van der Waals surface area contributed by atoms with E-state index in [-0.39, 0.29) is 23.6 Å². The van der Waals surface area contributed by atoms with Crippen molar-refractivity contribution in [3.05, 3.63) is 29.3 Å². The molecule has 8 nitrogen and oxygen atoms in total. The van der Waals surface area contributed by atoms with Crippen LogP contribution in [0.4, 0.5) is 0 Å². The number of para-hydroxylation sites is 1. The summed E-state index contributed by atoms with van der Waals surface area (Å²) < 4.78 is 0.952. The average Bonchev–Trinajstić information content (AvgIpc) is 3.14. The van der Waals surface area contributed by atoms with Gasteiger partial charge < -0.3 is 22.1 Å². The van der Waals surface area contributed by atoms with Gasteiger partial charge in [0, 0.05) is 13.1 Å². The number of thiazole rings is 1. The minimum Gasteiger partial charge on any atom is -0.370 e. The van der Waals surface area contributed by atoms with Crippen LogP contribution >= 0.6 is 11.3 Å². The molecule has 9 heteroatoms. The van der Waals surface area contributed by atoms with E-state index in [2.05, 4.69) is 20.6 Å². The van der Waals surface area contributed by atoms with E-state index in [1.165, 1.54) is 11.3 Å². The summed E-state index contributed by atoms with van der Waals surface area (Å²) in [6, 6.07) is 6.98. The molecule has 1 aliphatic heterocycles. The van der Waals surface area contributed by atoms with Crippen LogP contribution in [0.3, 0.4) is 0 Å². The van der Waals surface area contributed by atoms with E-state index in [0.717, 1.165) is 29.6 Å². The van der Waals surface area contributed by atoms with Crippen LogP contribution in [-0.4, -0.2) is 48.3 Å². The predicted octanol–water partition coefficient (Wildman–Crippen LogP) is 1.02. The number of carbonyl (C=O) groups is 2. The van der Waals surface area contributed by atoms with E-state index >= 15 is 0 Å². The second kappa shape index (κ2) is 9.61. The van der Waals surface area contributed by atoms with Crippen LogP contribution in [-0.2, 0) is 4.79 Å². The molecule has 2 atom stereocenters. The zero-order valence-electron chi connectivity index (χ0n) is 15.7. The van der Waals surface area contributed by atoms with Gasteiger partial charge in [0.2, 0.25) is 11.7 Å². The molecule has 0 radical (unpaired) electrons. The second-order valence-electron chi connectivity index (χ2n) is 6.90. The number of nitrogens with two attached hydrogens (primary N) is 2. The lowest BCUT2D eigenvalue weighted by atomic mass is 9.97. The van der Waals surface area contributed by atoms with Gasteiger partial charge in [-0.05, 0) is 44.4 Å². The normalized spacial score (nSPS) is 17.8. The van der Waals surface area contributed by atoms with Gasteiger partial charge in [-0.3, -0.25) is 14.6 Å². The maximum absolute atomic E-state index is 13.1. The molecule has 2 heterocycles. The van der Waals surface area contributed by atoms with Gasteiger partial charge in [0.15, 0.2) is 11.0 Å². The third-order valence-electron chi connectivity index (χ3n) is 4.75. The van der Waals surface area contributed by atoms with Gasteiger partial charge in [-0.1, -0.05) is 12.1 Å². The van der Waals surface area contributed by atoms with E-state index in [1.54, 1.807) is 0 Å². The molecule has 150 valence electrons. The van der Waals surface area contributed by atoms with E-state index in [4.69, 9.17) is 11.5 Å². The summed E-state index contributed by atoms with van der Waals surface area (Å²) in [6.07, 6.45) is 2.83. The first kappa shape index (κ1) is 20.2. The van der Waals surface area contributed by atoms with Crippen molar-refractivity contribution in [3.63, 3.8) is 0 Å². The van der Waals surface area contributed by atoms with Gasteiger partial charge in [-0.15, -0.1) is 11.3 Å². The van der Waals surface area contributed by atoms with Crippen molar-refractivity contribution in [3.8, 4) is 0 Å². The van der Waals surface area contributed by atoms with Crippen molar-refractivity contribution in [1.82, 2.24) is 15.6 Å². The van der Waals surface area contributed by atoms with E-state index in [0.29, 0.717) is 30.9 Å². The molecule has 28 heavy (non-hydrogen) atoms. The number of amides is 1. The molecule has 0 aliphatic carbocycles. The number of nitrogens with one attached hydrogen (secondary N) is 2. The number of fused-ring (bicyclic) bond motifs is 1. The van der Waals surface area contributed by atoms with Crippen molar-refractivity contribution in [1.29, 1.82) is 0 Å². The van der Waals surface area contributed by atoms with E-state index in [9.17, 15) is 9.59 Å². The van der Waals surface area contributed by atoms with Crippen LogP contribution in [0.2, 0.25) is 0 Å². The molecule has 1 amide bonds. The Kier molecular flexibility index (Phi) is 6.94. The fourth-order valence-corrected chi connectivity index (χ4v) is 4.22. The fraction of sp³-hybridized carbons (Fsp3) is 0.474. The summed E-state index contributed by atoms with van der Waals surface area (Å²) >= 11 is 1.35. The van der Waals surface area contributed by atoms with Crippen molar-refractivity contribution >= 4 is 39.2 Å². The first-order valence-corrected chi connectivity index (χ1v) is 10.3. The number of nitrogens with zero attached hydrogens (tertiary/aromatic N) is 2. The van der Waals surface area contributed by atoms with Crippen LogP contribution in [0.15, 0.2) is 29.3 Å². The number of Topliss-reactive ketones (excluding diaryl/α,β-unsaturated/α-hetero) is 1. The number of carbonyl (C=O) groups excluding carboxylic acids is 2. The topological polar surface area (TPSA) is 135 Å². The molecule has 1 fully saturated rings. The van der Waals surface area contributed by atoms with Crippen molar-refractivity contribution in [2.75, 3.05) is 19.6 Å². The summed E-state index contributed by atoms with van der Waals surface area (Å²) in [4.78, 5) is 34.2. The Balaban J connectivity index is 1.72. The Bertz CT molecular complexity index is 822. The summed E-state index contributed by atoms with van der Waals surface area (Å²) in [5, 5.41) is 6.59. The van der Waals surface area contributed by atoms with Crippen molar-refractivity contribution in [2.24, 2.45) is 22.4 Å². The van der Waals surface area contributed by atoms with E-state index in [1.807, 2.05) is 24.3 Å². The summed E-state index contributed by atoms with van der Waals surface area (Å²) in [5.41, 5.74) is 11.5. The summed E-state index contributed by atoms with van der Waals surface area (Å²) in [5.74, 6) is -0.347. The minimum absolute atomic E-state index is 0.0198. The molecule has 0 saturated carbocycles. The molecule has 1 saturated heterocycles. The number of ketones is 1. The molecular weight excluding hydrogens is 376 g/mol. The first-order chi connectivity index (χ1) is 13.5. The number of hydrogen-bond donors (Lipinski definition) is 4. The van der Waals surface area contributed by atoms with Crippen LogP contribution < -0.4 is 22.1 Å². The first-order valence-electron chi connectivity index (χ1n) is 9.51. The zero-order chi connectivity index (χ0) is 19.9. The maximum Gasteiger partial charge on any atom is 0.224 e. The lowest BCUT2D eigenvalue weighted by Crippen LogP contribution is -2.47. The molecule has 2 aromatic rings. The van der Waals surface area contributed by atoms with Crippen molar-refractivity contribution in [2.45, 2.75) is 31.7 Å². The van der Waals surface area contributed by atoms with Crippen LogP contribution in [0.1, 0.15) is 35.5 Å². The van der Waals surface area contributed by atoms with Gasteiger partial charge in [0.25, 0.3) is 0 Å². The number of aromatic nitrogens is 1. The largest absolute Gasteiger partial charge is 0.370 e. The Morgan fingerprint density at radius 3 is 2.89 bits per heavy atom. The van der Waals surface area contributed by atoms with Gasteiger partial charge in [-0.25, -0.2) is 4.98 Å². The lowest BCUT2D eigenvalue weighted by Gasteiger charge is -2.24. The van der Waals surface area contributed by atoms with Crippen LogP contribution in [0, 0.1) is 5.92 Å². The Hall–Kier alpha value is -2.52. The molecule has 1 aromatic carbocycles. The number of piperidine rings is 1. The second-order valence-corrected chi connectivity index (χ2v) is 7.93. The zero-order valence-corrected chi connectivity index (χ0v) is 16.5. The predicted molar refractivity (Wildman–Crippen MR) is 111 cm³/mol. The Labute approximate surface area is 167 Å².